The second-order valence-corrected chi connectivity index (χ2v) is 12.2. The van der Waals surface area contributed by atoms with Crippen LogP contribution in [0.15, 0.2) is 0 Å². The van der Waals surface area contributed by atoms with Gasteiger partial charge in [-0.25, -0.2) is 0 Å². The number of carbonyl (C=O) groups excluding carboxylic acids is 3. The fourth-order valence-corrected chi connectivity index (χ4v) is 5.12. The molecule has 0 aliphatic carbocycles. The summed E-state index contributed by atoms with van der Waals surface area (Å²) in [5.41, 5.74) is 0. The molecule has 2 aliphatic rings. The van der Waals surface area contributed by atoms with Crippen LogP contribution in [0.1, 0.15) is 92.4 Å². The minimum atomic E-state index is -2.35. The van der Waals surface area contributed by atoms with Crippen molar-refractivity contribution in [1.29, 1.82) is 0 Å². The summed E-state index contributed by atoms with van der Waals surface area (Å²) in [5, 5.41) is 52.2. The highest BCUT2D eigenvalue weighted by Gasteiger charge is 2.62. The zero-order valence-corrected chi connectivity index (χ0v) is 27.2. The summed E-state index contributed by atoms with van der Waals surface area (Å²) in [6.07, 6.45) is -5.65. The van der Waals surface area contributed by atoms with Crippen LogP contribution in [0.2, 0.25) is 0 Å². The first-order chi connectivity index (χ1) is 21.4. The van der Waals surface area contributed by atoms with Gasteiger partial charge in [0.1, 0.15) is 31.0 Å². The zero-order chi connectivity index (χ0) is 33.7. The van der Waals surface area contributed by atoms with Gasteiger partial charge in [0, 0.05) is 6.42 Å². The molecular formula is C31H54O14. The number of hydrogen-bond acceptors (Lipinski definition) is 14. The predicted molar refractivity (Wildman–Crippen MR) is 157 cm³/mol. The van der Waals surface area contributed by atoms with Crippen molar-refractivity contribution < 1.29 is 68.3 Å². The summed E-state index contributed by atoms with van der Waals surface area (Å²) in [7, 11) is 0. The Morgan fingerprint density at radius 3 is 1.96 bits per heavy atom. The standard InChI is InChI=1S/C31H54O14/c1-6-8-9-10-11-12-13-14-22(35)41-26-25(42-28(38)18(3)4)23(36)20(15-32)40-30(26)45-31(17-34)27(24(37)21(16-33)44-31)43-29(39)19(5)7-2/h18-21,23-27,30,32-34,36-37H,6-17H2,1-5H3/t19?,20-,21-,23-,24-,25+,26-,27+,30-,31+/m1/s1. The third-order valence-electron chi connectivity index (χ3n) is 8.22. The van der Waals surface area contributed by atoms with Gasteiger partial charge < -0.3 is 54.0 Å². The van der Waals surface area contributed by atoms with Crippen LogP contribution in [0.4, 0.5) is 0 Å². The van der Waals surface area contributed by atoms with Gasteiger partial charge in [0.15, 0.2) is 18.3 Å². The molecule has 14 heteroatoms. The lowest BCUT2D eigenvalue weighted by atomic mass is 9.97. The molecule has 0 bridgehead atoms. The van der Waals surface area contributed by atoms with Crippen LogP contribution in [-0.2, 0) is 42.8 Å². The molecule has 10 atom stereocenters. The normalized spacial score (nSPS) is 32.3. The number of esters is 3. The average Bonchev–Trinajstić information content (AvgIpc) is 3.28. The highest BCUT2D eigenvalue weighted by Crippen LogP contribution is 2.39. The number of carbonyl (C=O) groups is 3. The first-order valence-electron chi connectivity index (χ1n) is 16.2. The first kappa shape index (κ1) is 39.3. The van der Waals surface area contributed by atoms with Crippen LogP contribution >= 0.6 is 0 Å². The van der Waals surface area contributed by atoms with Gasteiger partial charge in [-0.05, 0) is 12.8 Å². The molecule has 262 valence electrons. The van der Waals surface area contributed by atoms with E-state index in [2.05, 4.69) is 6.92 Å². The van der Waals surface area contributed by atoms with Crippen LogP contribution in [0.3, 0.4) is 0 Å². The molecule has 0 aromatic carbocycles. The van der Waals surface area contributed by atoms with E-state index in [0.717, 1.165) is 38.5 Å². The van der Waals surface area contributed by atoms with E-state index in [4.69, 9.17) is 28.4 Å². The number of rotatable bonds is 19. The molecule has 0 radical (unpaired) electrons. The number of unbranched alkanes of at least 4 members (excludes halogenated alkanes) is 6. The maximum absolute atomic E-state index is 13.0. The predicted octanol–water partition coefficient (Wildman–Crippen LogP) is 1.10. The quantitative estimate of drug-likeness (QED) is 0.0754. The van der Waals surface area contributed by atoms with Crippen molar-refractivity contribution in [2.45, 2.75) is 147 Å². The fourth-order valence-electron chi connectivity index (χ4n) is 5.12. The van der Waals surface area contributed by atoms with Gasteiger partial charge in [-0.2, -0.15) is 0 Å². The molecule has 1 unspecified atom stereocenters. The highest BCUT2D eigenvalue weighted by atomic mass is 16.8. The topological polar surface area (TPSA) is 208 Å². The Labute approximate surface area is 265 Å². The molecule has 14 nitrogen and oxygen atoms in total. The van der Waals surface area contributed by atoms with Crippen LogP contribution in [0.25, 0.3) is 0 Å². The summed E-state index contributed by atoms with van der Waals surface area (Å²) < 4.78 is 34.2. The second-order valence-electron chi connectivity index (χ2n) is 12.2. The second kappa shape index (κ2) is 19.0. The molecular weight excluding hydrogens is 596 g/mol. The lowest BCUT2D eigenvalue weighted by Crippen LogP contribution is -2.65. The summed E-state index contributed by atoms with van der Waals surface area (Å²) in [4.78, 5) is 38.4. The average molecular weight is 651 g/mol. The summed E-state index contributed by atoms with van der Waals surface area (Å²) in [6.45, 7) is 6.07. The van der Waals surface area contributed by atoms with Gasteiger partial charge in [-0.1, -0.05) is 73.1 Å². The van der Waals surface area contributed by atoms with E-state index in [1.807, 2.05) is 0 Å². The van der Waals surface area contributed by atoms with Gasteiger partial charge in [0.2, 0.25) is 12.1 Å². The van der Waals surface area contributed by atoms with Crippen LogP contribution in [0, 0.1) is 11.8 Å². The van der Waals surface area contributed by atoms with Crippen molar-refractivity contribution in [3.05, 3.63) is 0 Å². The van der Waals surface area contributed by atoms with Crippen molar-refractivity contribution in [2.75, 3.05) is 19.8 Å². The van der Waals surface area contributed by atoms with E-state index in [-0.39, 0.29) is 6.42 Å². The lowest BCUT2D eigenvalue weighted by Gasteiger charge is -2.45. The number of aliphatic hydroxyl groups is 5. The summed E-state index contributed by atoms with van der Waals surface area (Å²) >= 11 is 0. The molecule has 0 spiro atoms. The number of ether oxygens (including phenoxy) is 6. The van der Waals surface area contributed by atoms with Gasteiger partial charge in [-0.3, -0.25) is 14.4 Å². The van der Waals surface area contributed by atoms with E-state index < -0.39 is 104 Å². The zero-order valence-electron chi connectivity index (χ0n) is 27.2. The molecule has 0 aromatic rings. The highest BCUT2D eigenvalue weighted by molar-refractivity contribution is 5.72. The molecule has 2 rings (SSSR count). The minimum Gasteiger partial charge on any atom is -0.455 e. The van der Waals surface area contributed by atoms with Crippen molar-refractivity contribution >= 4 is 17.9 Å². The molecule has 2 aliphatic heterocycles. The fraction of sp³-hybridized carbons (Fsp3) is 0.903. The molecule has 2 heterocycles. The van der Waals surface area contributed by atoms with E-state index in [0.29, 0.717) is 12.8 Å². The van der Waals surface area contributed by atoms with E-state index in [1.54, 1.807) is 27.7 Å². The van der Waals surface area contributed by atoms with Crippen molar-refractivity contribution in [3.8, 4) is 0 Å². The summed E-state index contributed by atoms with van der Waals surface area (Å²) in [5.74, 6) is -5.76. The maximum Gasteiger partial charge on any atom is 0.309 e. The molecule has 0 aromatic heterocycles. The van der Waals surface area contributed by atoms with Crippen LogP contribution in [-0.4, -0.2) is 118 Å². The van der Waals surface area contributed by atoms with E-state index in [1.165, 1.54) is 0 Å². The Kier molecular flexibility index (Phi) is 16.6. The SMILES string of the molecule is CCCCCCCCCC(=O)O[C@H]1[C@@H](O[C@]2(CO)O[C@H](CO)[C@@H](O)[C@@H]2OC(=O)C(C)CC)O[C@H](CO)[C@@H](O)[C@@H]1OC(=O)C(C)C. The minimum absolute atomic E-state index is 0.00343. The Hall–Kier alpha value is -1.91. The molecule has 2 saturated heterocycles. The summed E-state index contributed by atoms with van der Waals surface area (Å²) in [6, 6.07) is 0. The first-order valence-corrected chi connectivity index (χ1v) is 16.2. The smallest absolute Gasteiger partial charge is 0.309 e. The van der Waals surface area contributed by atoms with Gasteiger partial charge in [-0.15, -0.1) is 0 Å². The number of hydrogen-bond donors (Lipinski definition) is 5. The maximum atomic E-state index is 13.0. The third kappa shape index (κ3) is 10.5. The van der Waals surface area contributed by atoms with Crippen molar-refractivity contribution in [1.82, 2.24) is 0 Å². The van der Waals surface area contributed by atoms with Gasteiger partial charge in [0.05, 0.1) is 25.0 Å². The van der Waals surface area contributed by atoms with Crippen LogP contribution in [0.5, 0.6) is 0 Å². The van der Waals surface area contributed by atoms with E-state index >= 15 is 0 Å². The third-order valence-corrected chi connectivity index (χ3v) is 8.22. The lowest BCUT2D eigenvalue weighted by molar-refractivity contribution is -0.384. The van der Waals surface area contributed by atoms with Crippen molar-refractivity contribution in [2.24, 2.45) is 11.8 Å². The van der Waals surface area contributed by atoms with Crippen LogP contribution < -0.4 is 0 Å². The molecule has 2 fully saturated rings. The van der Waals surface area contributed by atoms with Gasteiger partial charge >= 0.3 is 17.9 Å². The Morgan fingerprint density at radius 1 is 0.778 bits per heavy atom. The van der Waals surface area contributed by atoms with Crippen molar-refractivity contribution in [3.63, 3.8) is 0 Å². The molecule has 0 saturated carbocycles. The Bertz CT molecular complexity index is 915. The largest absolute Gasteiger partial charge is 0.455 e. The molecule has 5 N–H and O–H groups in total. The molecule has 0 amide bonds. The van der Waals surface area contributed by atoms with E-state index in [9.17, 15) is 39.9 Å². The van der Waals surface area contributed by atoms with Gasteiger partial charge in [0.25, 0.3) is 0 Å². The Balaban J connectivity index is 2.39. The molecule has 45 heavy (non-hydrogen) atoms. The number of aliphatic hydroxyl groups excluding tert-OH is 5. The monoisotopic (exact) mass is 650 g/mol. The Morgan fingerprint density at radius 2 is 1.40 bits per heavy atom.